The minimum Gasteiger partial charge on any atom is -0.465 e. The number of rotatable bonds is 10. The molecule has 270 valence electrons. The van der Waals surface area contributed by atoms with Crippen molar-refractivity contribution in [2.24, 2.45) is 0 Å². The van der Waals surface area contributed by atoms with Crippen molar-refractivity contribution in [1.82, 2.24) is 10.2 Å². The molecule has 1 aliphatic heterocycles. The number of thiophene rings is 1. The van der Waals surface area contributed by atoms with Crippen LogP contribution < -0.4 is 16.0 Å². The van der Waals surface area contributed by atoms with Gasteiger partial charge in [0.15, 0.2) is 0 Å². The van der Waals surface area contributed by atoms with E-state index in [-0.39, 0.29) is 29.5 Å². The van der Waals surface area contributed by atoms with Crippen LogP contribution in [0.1, 0.15) is 57.5 Å². The Hall–Kier alpha value is -5.11. The Morgan fingerprint density at radius 2 is 1.71 bits per heavy atom. The molecule has 4 aromatic rings. The molecule has 14 heteroatoms. The zero-order valence-electron chi connectivity index (χ0n) is 28.9. The molecule has 3 aromatic carbocycles. The summed E-state index contributed by atoms with van der Waals surface area (Å²) in [4.78, 5) is 68.2. The highest BCUT2D eigenvalue weighted by Crippen LogP contribution is 2.38. The van der Waals surface area contributed by atoms with Crippen LogP contribution in [0.5, 0.6) is 0 Å². The molecule has 0 saturated carbocycles. The number of halogens is 1. The number of esters is 1. The Balaban J connectivity index is 1.25. The van der Waals surface area contributed by atoms with Gasteiger partial charge in [-0.15, -0.1) is 23.1 Å². The van der Waals surface area contributed by atoms with Crippen molar-refractivity contribution in [2.45, 2.75) is 44.2 Å². The van der Waals surface area contributed by atoms with Crippen molar-refractivity contribution in [3.63, 3.8) is 0 Å². The number of benzene rings is 3. The molecule has 0 fully saturated rings. The summed E-state index contributed by atoms with van der Waals surface area (Å²) in [5.41, 5.74) is 1.82. The first-order chi connectivity index (χ1) is 24.8. The minimum absolute atomic E-state index is 0.00232. The van der Waals surface area contributed by atoms with E-state index in [0.29, 0.717) is 44.7 Å². The lowest BCUT2D eigenvalue weighted by Crippen LogP contribution is -2.39. The molecule has 0 saturated heterocycles. The van der Waals surface area contributed by atoms with Crippen molar-refractivity contribution in [1.29, 1.82) is 0 Å². The quantitative estimate of drug-likeness (QED) is 0.0852. The highest BCUT2D eigenvalue weighted by Gasteiger charge is 2.32. The number of carbonyl (C=O) groups is 5. The third-order valence-electron chi connectivity index (χ3n) is 7.50. The Morgan fingerprint density at radius 1 is 0.962 bits per heavy atom. The Labute approximate surface area is 314 Å². The number of methoxy groups -OCH3 is 1. The molecule has 0 unspecified atom stereocenters. The second-order valence-corrected chi connectivity index (χ2v) is 15.2. The average molecular weight is 761 g/mol. The Bertz CT molecular complexity index is 2020. The fourth-order valence-electron chi connectivity index (χ4n) is 5.17. The molecule has 2 heterocycles. The van der Waals surface area contributed by atoms with Crippen LogP contribution in [0.2, 0.25) is 5.02 Å². The molecule has 52 heavy (non-hydrogen) atoms. The lowest BCUT2D eigenvalue weighted by molar-refractivity contribution is -0.114. The van der Waals surface area contributed by atoms with Gasteiger partial charge in [0.05, 0.1) is 25.0 Å². The maximum absolute atomic E-state index is 13.5. The first kappa shape index (κ1) is 38.1. The molecular weight excluding hydrogens is 724 g/mol. The summed E-state index contributed by atoms with van der Waals surface area (Å²) in [6, 6.07) is 22.3. The van der Waals surface area contributed by atoms with E-state index in [0.717, 1.165) is 10.4 Å². The number of hydrogen-bond donors (Lipinski definition) is 3. The Morgan fingerprint density at radius 3 is 2.42 bits per heavy atom. The zero-order chi connectivity index (χ0) is 37.4. The van der Waals surface area contributed by atoms with Crippen molar-refractivity contribution in [2.75, 3.05) is 30.0 Å². The SMILES string of the molecule is COC(=O)c1c(NC(=O)CSc2cccc(NC(=O)/C(=C/c3cccc(Cl)c3)NC(=O)c3ccccc3)c2)sc2c1CCN(C(=O)OC(C)(C)C)C2. The maximum Gasteiger partial charge on any atom is 0.410 e. The van der Waals surface area contributed by atoms with Crippen molar-refractivity contribution >= 4 is 81.2 Å². The largest absolute Gasteiger partial charge is 0.465 e. The van der Waals surface area contributed by atoms with Gasteiger partial charge in [0.2, 0.25) is 5.91 Å². The molecular formula is C38H37ClN4O7S2. The van der Waals surface area contributed by atoms with E-state index in [2.05, 4.69) is 16.0 Å². The first-order valence-electron chi connectivity index (χ1n) is 16.2. The number of nitrogens with zero attached hydrogens (tertiary/aromatic N) is 1. The van der Waals surface area contributed by atoms with E-state index >= 15 is 0 Å². The highest BCUT2D eigenvalue weighted by molar-refractivity contribution is 8.00. The maximum atomic E-state index is 13.5. The molecule has 0 radical (unpaired) electrons. The number of fused-ring (bicyclic) bond motifs is 1. The van der Waals surface area contributed by atoms with Crippen molar-refractivity contribution in [3.05, 3.63) is 117 Å². The third-order valence-corrected chi connectivity index (χ3v) is 9.86. The molecule has 1 aromatic heterocycles. The van der Waals surface area contributed by atoms with E-state index in [4.69, 9.17) is 21.1 Å². The zero-order valence-corrected chi connectivity index (χ0v) is 31.3. The van der Waals surface area contributed by atoms with E-state index in [9.17, 15) is 24.0 Å². The molecule has 11 nitrogen and oxygen atoms in total. The molecule has 1 aliphatic rings. The van der Waals surface area contributed by atoms with Gasteiger partial charge in [-0.25, -0.2) is 9.59 Å². The molecule has 0 aliphatic carbocycles. The van der Waals surface area contributed by atoms with Crippen molar-refractivity contribution in [3.8, 4) is 0 Å². The van der Waals surface area contributed by atoms with Crippen LogP contribution in [0.25, 0.3) is 6.08 Å². The van der Waals surface area contributed by atoms with E-state index < -0.39 is 29.5 Å². The lowest BCUT2D eigenvalue weighted by atomic mass is 10.0. The highest BCUT2D eigenvalue weighted by atomic mass is 35.5. The molecule has 5 rings (SSSR count). The van der Waals surface area contributed by atoms with Crippen LogP contribution in [0.15, 0.2) is 89.5 Å². The van der Waals surface area contributed by atoms with E-state index in [1.807, 2.05) is 0 Å². The second-order valence-electron chi connectivity index (χ2n) is 12.6. The fourth-order valence-corrected chi connectivity index (χ4v) is 7.39. The van der Waals surface area contributed by atoms with Crippen LogP contribution >= 0.6 is 34.7 Å². The summed E-state index contributed by atoms with van der Waals surface area (Å²) in [6.45, 7) is 5.99. The minimum atomic E-state index is -0.649. The van der Waals surface area contributed by atoms with E-state index in [1.54, 1.807) is 105 Å². The van der Waals surface area contributed by atoms with Gasteiger partial charge in [0.1, 0.15) is 16.3 Å². The number of hydrogen-bond acceptors (Lipinski definition) is 9. The topological polar surface area (TPSA) is 143 Å². The van der Waals surface area contributed by atoms with Crippen LogP contribution in [0.4, 0.5) is 15.5 Å². The summed E-state index contributed by atoms with van der Waals surface area (Å²) in [5, 5.41) is 9.21. The average Bonchev–Trinajstić information content (AvgIpc) is 3.46. The summed E-state index contributed by atoms with van der Waals surface area (Å²) in [6.07, 6.45) is 1.49. The van der Waals surface area contributed by atoms with Crippen LogP contribution in [0.3, 0.4) is 0 Å². The number of ether oxygens (including phenoxy) is 2. The van der Waals surface area contributed by atoms with Crippen LogP contribution in [0, 0.1) is 0 Å². The molecule has 0 bridgehead atoms. The van der Waals surface area contributed by atoms with Gasteiger partial charge < -0.3 is 30.3 Å². The molecule has 3 N–H and O–H groups in total. The van der Waals surface area contributed by atoms with Crippen LogP contribution in [-0.4, -0.2) is 59.7 Å². The van der Waals surface area contributed by atoms with Gasteiger partial charge in [-0.3, -0.25) is 14.4 Å². The predicted octanol–water partition coefficient (Wildman–Crippen LogP) is 7.62. The number of amides is 4. The summed E-state index contributed by atoms with van der Waals surface area (Å²) in [7, 11) is 1.28. The van der Waals surface area contributed by atoms with Gasteiger partial charge in [-0.05, 0) is 86.9 Å². The molecule has 4 amide bonds. The van der Waals surface area contributed by atoms with Crippen LogP contribution in [-0.2, 0) is 32.0 Å². The summed E-state index contributed by atoms with van der Waals surface area (Å²) >= 11 is 8.61. The van der Waals surface area contributed by atoms with Gasteiger partial charge in [0, 0.05) is 32.6 Å². The standard InChI is InChI=1S/C38H37ClN4O7S2/c1-38(2,3)50-37(48)43-17-16-28-30(21-43)52-35(32(28)36(47)49-4)42-31(44)22-51-27-15-9-14-26(20-27)40-34(46)29(19-23-10-8-13-25(39)18-23)41-33(45)24-11-6-5-7-12-24/h5-15,18-20H,16-17,21-22H2,1-4H3,(H,40,46)(H,41,45)(H,42,44)/b29-19-. The molecule has 0 spiro atoms. The monoisotopic (exact) mass is 760 g/mol. The van der Waals surface area contributed by atoms with Crippen molar-refractivity contribution < 1.29 is 33.4 Å². The van der Waals surface area contributed by atoms with E-state index in [1.165, 1.54) is 36.3 Å². The smallest absolute Gasteiger partial charge is 0.410 e. The predicted molar refractivity (Wildman–Crippen MR) is 204 cm³/mol. The summed E-state index contributed by atoms with van der Waals surface area (Å²) in [5.74, 6) is -1.95. The lowest BCUT2D eigenvalue weighted by Gasteiger charge is -2.30. The van der Waals surface area contributed by atoms with Gasteiger partial charge >= 0.3 is 12.1 Å². The molecule has 0 atom stereocenters. The Kier molecular flexibility index (Phi) is 12.4. The fraction of sp³-hybridized carbons (Fsp3) is 0.237. The van der Waals surface area contributed by atoms with Gasteiger partial charge in [0.25, 0.3) is 11.8 Å². The second kappa shape index (κ2) is 16.9. The van der Waals surface area contributed by atoms with Gasteiger partial charge in [-0.1, -0.05) is 48.0 Å². The summed E-state index contributed by atoms with van der Waals surface area (Å²) < 4.78 is 10.6. The first-order valence-corrected chi connectivity index (χ1v) is 18.4. The number of anilines is 2. The number of carbonyl (C=O) groups excluding carboxylic acids is 5. The number of nitrogens with one attached hydrogen (secondary N) is 3. The number of thioether (sulfide) groups is 1. The van der Waals surface area contributed by atoms with Gasteiger partial charge in [-0.2, -0.15) is 0 Å². The third kappa shape index (κ3) is 10.2. The normalized spacial score (nSPS) is 12.7.